The van der Waals surface area contributed by atoms with E-state index >= 15 is 0 Å². The summed E-state index contributed by atoms with van der Waals surface area (Å²) < 4.78 is 53.2. The number of aromatic nitrogens is 1. The lowest BCUT2D eigenvalue weighted by Gasteiger charge is -2.30. The summed E-state index contributed by atoms with van der Waals surface area (Å²) in [6.45, 7) is 1.10. The van der Waals surface area contributed by atoms with Crippen LogP contribution in [0.5, 0.6) is 0 Å². The smallest absolute Gasteiger partial charge is 0.337 e. The molecule has 4 rings (SSSR count). The normalized spacial score (nSPS) is 17.4. The van der Waals surface area contributed by atoms with E-state index in [-0.39, 0.29) is 18.0 Å². The van der Waals surface area contributed by atoms with Gasteiger partial charge in [0.2, 0.25) is 10.0 Å². The third-order valence-corrected chi connectivity index (χ3v) is 8.93. The Kier molecular flexibility index (Phi) is 7.98. The van der Waals surface area contributed by atoms with Gasteiger partial charge in [0, 0.05) is 26.7 Å². The maximum absolute atomic E-state index is 13.3. The molecule has 1 unspecified atom stereocenters. The second-order valence-electron chi connectivity index (χ2n) is 8.31. The number of sulfonamides is 1. The van der Waals surface area contributed by atoms with Gasteiger partial charge in [-0.3, -0.25) is 4.79 Å². The second-order valence-corrected chi connectivity index (χ2v) is 11.3. The average molecular weight is 536 g/mol. The van der Waals surface area contributed by atoms with E-state index in [1.165, 1.54) is 34.9 Å². The minimum atomic E-state index is -3.86. The number of esters is 1. The first-order valence-electron chi connectivity index (χ1n) is 11.3. The zero-order valence-corrected chi connectivity index (χ0v) is 21.5. The van der Waals surface area contributed by atoms with E-state index in [0.717, 1.165) is 22.3 Å². The Hall–Kier alpha value is -2.93. The molecule has 1 saturated heterocycles. The molecule has 192 valence electrons. The summed E-state index contributed by atoms with van der Waals surface area (Å²) in [5, 5.41) is 0. The average Bonchev–Trinajstić information content (AvgIpc) is 3.23. The SMILES string of the molecule is COCCn1c(=NC(=O)C2CCCN(S(=O)(=O)c3ccc(F)cc3)C2)sc2cc(C(=O)OC)ccc21. The van der Waals surface area contributed by atoms with Crippen LogP contribution in [0.2, 0.25) is 0 Å². The first-order chi connectivity index (χ1) is 17.2. The lowest BCUT2D eigenvalue weighted by atomic mass is 9.99. The highest BCUT2D eigenvalue weighted by Crippen LogP contribution is 2.25. The van der Waals surface area contributed by atoms with Gasteiger partial charge in [-0.15, -0.1) is 0 Å². The van der Waals surface area contributed by atoms with Gasteiger partial charge in [0.1, 0.15) is 5.82 Å². The van der Waals surface area contributed by atoms with Gasteiger partial charge in [0.25, 0.3) is 5.91 Å². The van der Waals surface area contributed by atoms with E-state index in [1.807, 2.05) is 4.57 Å². The summed E-state index contributed by atoms with van der Waals surface area (Å²) in [6, 6.07) is 9.75. The summed E-state index contributed by atoms with van der Waals surface area (Å²) in [6.07, 6.45) is 1.01. The van der Waals surface area contributed by atoms with Gasteiger partial charge in [-0.1, -0.05) is 11.3 Å². The zero-order chi connectivity index (χ0) is 25.9. The van der Waals surface area contributed by atoms with Crippen molar-refractivity contribution >= 4 is 43.5 Å². The van der Waals surface area contributed by atoms with Gasteiger partial charge in [-0.2, -0.15) is 9.30 Å². The van der Waals surface area contributed by atoms with E-state index < -0.39 is 33.6 Å². The van der Waals surface area contributed by atoms with Gasteiger partial charge in [0.05, 0.1) is 40.3 Å². The van der Waals surface area contributed by atoms with Crippen molar-refractivity contribution in [1.29, 1.82) is 0 Å². The number of methoxy groups -OCH3 is 2. The van der Waals surface area contributed by atoms with Crippen molar-refractivity contribution in [3.05, 3.63) is 58.6 Å². The molecule has 12 heteroatoms. The summed E-state index contributed by atoms with van der Waals surface area (Å²) >= 11 is 1.26. The fourth-order valence-corrected chi connectivity index (χ4v) is 6.73. The zero-order valence-electron chi connectivity index (χ0n) is 19.8. The van der Waals surface area contributed by atoms with E-state index in [1.54, 1.807) is 25.3 Å². The van der Waals surface area contributed by atoms with Gasteiger partial charge in [-0.25, -0.2) is 17.6 Å². The summed E-state index contributed by atoms with van der Waals surface area (Å²) in [5.41, 5.74) is 1.18. The third kappa shape index (κ3) is 5.41. The second kappa shape index (κ2) is 11.0. The highest BCUT2D eigenvalue weighted by molar-refractivity contribution is 7.89. The predicted molar refractivity (Wildman–Crippen MR) is 131 cm³/mol. The number of halogens is 1. The Morgan fingerprint density at radius 2 is 1.92 bits per heavy atom. The molecule has 0 bridgehead atoms. The first kappa shape index (κ1) is 26.1. The van der Waals surface area contributed by atoms with Gasteiger partial charge in [-0.05, 0) is 55.3 Å². The number of thiazole rings is 1. The van der Waals surface area contributed by atoms with Crippen molar-refractivity contribution < 1.29 is 31.9 Å². The van der Waals surface area contributed by atoms with Crippen molar-refractivity contribution in [3.8, 4) is 0 Å². The molecule has 3 aromatic rings. The number of hydrogen-bond donors (Lipinski definition) is 0. The lowest BCUT2D eigenvalue weighted by molar-refractivity contribution is -0.122. The quantitative estimate of drug-likeness (QED) is 0.431. The Bertz CT molecular complexity index is 1450. The van der Waals surface area contributed by atoms with Crippen LogP contribution < -0.4 is 4.80 Å². The van der Waals surface area contributed by atoms with Crippen LogP contribution in [0.1, 0.15) is 23.2 Å². The Balaban J connectivity index is 1.64. The fraction of sp³-hybridized carbons (Fsp3) is 0.375. The van der Waals surface area contributed by atoms with E-state index in [2.05, 4.69) is 4.99 Å². The topological polar surface area (TPSA) is 107 Å². The van der Waals surface area contributed by atoms with E-state index in [4.69, 9.17) is 9.47 Å². The number of fused-ring (bicyclic) bond motifs is 1. The number of ether oxygens (including phenoxy) is 2. The molecule has 36 heavy (non-hydrogen) atoms. The van der Waals surface area contributed by atoms with Crippen LogP contribution in [0.15, 0.2) is 52.4 Å². The Morgan fingerprint density at radius 1 is 1.17 bits per heavy atom. The molecular formula is C24H26FN3O6S2. The molecule has 1 amide bonds. The molecule has 0 radical (unpaired) electrons. The fourth-order valence-electron chi connectivity index (χ4n) is 4.11. The van der Waals surface area contributed by atoms with Crippen molar-refractivity contribution in [2.75, 3.05) is 33.9 Å². The number of nitrogens with zero attached hydrogens (tertiary/aromatic N) is 3. The molecule has 2 heterocycles. The number of hydrogen-bond acceptors (Lipinski definition) is 7. The summed E-state index contributed by atoms with van der Waals surface area (Å²) in [7, 11) is -0.982. The monoisotopic (exact) mass is 535 g/mol. The minimum Gasteiger partial charge on any atom is -0.465 e. The standard InChI is InChI=1S/C24H26FN3O6S2/c1-33-13-12-28-20-10-5-16(23(30)34-2)14-21(20)35-24(28)26-22(29)17-4-3-11-27(15-17)36(31,32)19-8-6-18(25)7-9-19/h5-10,14,17H,3-4,11-13,15H2,1-2H3. The largest absolute Gasteiger partial charge is 0.465 e. The maximum Gasteiger partial charge on any atom is 0.337 e. The number of rotatable bonds is 7. The summed E-state index contributed by atoms with van der Waals surface area (Å²) in [5.74, 6) is -2.02. The highest BCUT2D eigenvalue weighted by Gasteiger charge is 2.33. The summed E-state index contributed by atoms with van der Waals surface area (Å²) in [4.78, 5) is 29.9. The van der Waals surface area contributed by atoms with E-state index in [0.29, 0.717) is 36.4 Å². The van der Waals surface area contributed by atoms with Crippen LogP contribution in [0.3, 0.4) is 0 Å². The van der Waals surface area contributed by atoms with Crippen LogP contribution in [0.4, 0.5) is 4.39 Å². The van der Waals surface area contributed by atoms with Crippen molar-refractivity contribution in [1.82, 2.24) is 8.87 Å². The van der Waals surface area contributed by atoms with Crippen LogP contribution in [-0.4, -0.2) is 63.1 Å². The van der Waals surface area contributed by atoms with Crippen molar-refractivity contribution in [2.24, 2.45) is 10.9 Å². The van der Waals surface area contributed by atoms with Crippen LogP contribution in [0, 0.1) is 11.7 Å². The molecule has 2 aromatic carbocycles. The molecule has 1 aliphatic rings. The molecular weight excluding hydrogens is 509 g/mol. The number of benzene rings is 2. The molecule has 1 atom stereocenters. The van der Waals surface area contributed by atoms with Crippen LogP contribution in [0.25, 0.3) is 10.2 Å². The Labute approximate surface area is 211 Å². The molecule has 0 spiro atoms. The number of carbonyl (C=O) groups is 2. The molecule has 9 nitrogen and oxygen atoms in total. The van der Waals surface area contributed by atoms with Crippen molar-refractivity contribution in [3.63, 3.8) is 0 Å². The minimum absolute atomic E-state index is 0.00248. The predicted octanol–water partition coefficient (Wildman–Crippen LogP) is 2.80. The number of piperidine rings is 1. The van der Waals surface area contributed by atoms with Crippen LogP contribution in [-0.2, 0) is 30.8 Å². The van der Waals surface area contributed by atoms with Gasteiger partial charge >= 0.3 is 5.97 Å². The van der Waals surface area contributed by atoms with E-state index in [9.17, 15) is 22.4 Å². The molecule has 1 fully saturated rings. The lowest BCUT2D eigenvalue weighted by Crippen LogP contribution is -2.42. The van der Waals surface area contributed by atoms with Gasteiger partial charge in [0.15, 0.2) is 4.80 Å². The van der Waals surface area contributed by atoms with Crippen LogP contribution >= 0.6 is 11.3 Å². The molecule has 0 N–H and O–H groups in total. The van der Waals surface area contributed by atoms with Gasteiger partial charge < -0.3 is 14.0 Å². The molecule has 0 saturated carbocycles. The first-order valence-corrected chi connectivity index (χ1v) is 13.5. The Morgan fingerprint density at radius 3 is 2.61 bits per heavy atom. The number of carbonyl (C=O) groups excluding carboxylic acids is 2. The molecule has 1 aromatic heterocycles. The third-order valence-electron chi connectivity index (χ3n) is 6.01. The maximum atomic E-state index is 13.3. The van der Waals surface area contributed by atoms with Crippen molar-refractivity contribution in [2.45, 2.75) is 24.3 Å². The number of amides is 1. The highest BCUT2D eigenvalue weighted by atomic mass is 32.2. The molecule has 1 aliphatic heterocycles. The molecule has 0 aliphatic carbocycles.